The minimum absolute atomic E-state index is 0.0349. The van der Waals surface area contributed by atoms with Crippen LogP contribution >= 0.6 is 0 Å². The highest BCUT2D eigenvalue weighted by Gasteiger charge is 2.18. The van der Waals surface area contributed by atoms with E-state index in [0.717, 1.165) is 11.3 Å². The molecule has 1 aromatic carbocycles. The van der Waals surface area contributed by atoms with Gasteiger partial charge in [0.1, 0.15) is 24.3 Å². The number of imidazole rings is 1. The van der Waals surface area contributed by atoms with Crippen LogP contribution in [0.5, 0.6) is 0 Å². The van der Waals surface area contributed by atoms with Crippen LogP contribution in [0.2, 0.25) is 0 Å². The molecule has 1 atom stereocenters. The van der Waals surface area contributed by atoms with Gasteiger partial charge in [-0.15, -0.1) is 0 Å². The lowest BCUT2D eigenvalue weighted by Crippen LogP contribution is -2.35. The summed E-state index contributed by atoms with van der Waals surface area (Å²) in [6, 6.07) is 4.44. The molecule has 2 heterocycles. The first-order valence-corrected chi connectivity index (χ1v) is 7.74. The Labute approximate surface area is 138 Å². The van der Waals surface area contributed by atoms with E-state index < -0.39 is 0 Å². The molecule has 0 aliphatic heterocycles. The van der Waals surface area contributed by atoms with Crippen LogP contribution in [0, 0.1) is 11.7 Å². The van der Waals surface area contributed by atoms with Crippen LogP contribution < -0.4 is 0 Å². The Morgan fingerprint density at radius 3 is 3.04 bits per heavy atom. The number of aromatic amines is 1. The number of amides is 1. The van der Waals surface area contributed by atoms with Gasteiger partial charge >= 0.3 is 0 Å². The lowest BCUT2D eigenvalue weighted by atomic mass is 10.1. The smallest absolute Gasteiger partial charge is 0.227 e. The molecule has 0 saturated heterocycles. The number of nitrogens with zero attached hydrogens (tertiary/aromatic N) is 5. The second kappa shape index (κ2) is 6.77. The number of H-pyrrole nitrogens is 1. The van der Waals surface area contributed by atoms with Gasteiger partial charge in [-0.2, -0.15) is 5.10 Å². The van der Waals surface area contributed by atoms with E-state index in [4.69, 9.17) is 0 Å². The highest BCUT2D eigenvalue weighted by Crippen LogP contribution is 2.13. The first kappa shape index (κ1) is 16.1. The van der Waals surface area contributed by atoms with Gasteiger partial charge in [0.05, 0.1) is 23.5 Å². The van der Waals surface area contributed by atoms with Crippen molar-refractivity contribution in [2.45, 2.75) is 19.9 Å². The number of aromatic nitrogens is 5. The first-order chi connectivity index (χ1) is 11.5. The van der Waals surface area contributed by atoms with Crippen molar-refractivity contribution in [1.29, 1.82) is 0 Å². The molecule has 24 heavy (non-hydrogen) atoms. The van der Waals surface area contributed by atoms with E-state index in [2.05, 4.69) is 20.1 Å². The summed E-state index contributed by atoms with van der Waals surface area (Å²) in [6.07, 6.45) is 3.62. The minimum Gasteiger partial charge on any atom is -0.345 e. The predicted molar refractivity (Wildman–Crippen MR) is 86.6 cm³/mol. The summed E-state index contributed by atoms with van der Waals surface area (Å²) in [7, 11) is 1.77. The molecule has 1 N–H and O–H groups in total. The van der Waals surface area contributed by atoms with Crippen LogP contribution in [0.15, 0.2) is 30.9 Å². The van der Waals surface area contributed by atoms with Gasteiger partial charge in [0.15, 0.2) is 0 Å². The second-order valence-corrected chi connectivity index (χ2v) is 5.87. The summed E-state index contributed by atoms with van der Waals surface area (Å²) in [5.41, 5.74) is 1.39. The molecule has 0 aliphatic rings. The summed E-state index contributed by atoms with van der Waals surface area (Å²) in [5, 5.41) is 4.01. The highest BCUT2D eigenvalue weighted by atomic mass is 19.1. The molecule has 126 valence electrons. The van der Waals surface area contributed by atoms with Crippen molar-refractivity contribution < 1.29 is 9.18 Å². The highest BCUT2D eigenvalue weighted by molar-refractivity contribution is 5.78. The molecule has 8 heteroatoms. The molecular weight excluding hydrogens is 311 g/mol. The van der Waals surface area contributed by atoms with Crippen LogP contribution in [0.3, 0.4) is 0 Å². The maximum absolute atomic E-state index is 13.2. The first-order valence-electron chi connectivity index (χ1n) is 7.74. The molecule has 0 fully saturated rings. The molecule has 0 radical (unpaired) electrons. The molecule has 7 nitrogen and oxygen atoms in total. The Balaban J connectivity index is 1.57. The molecule has 3 aromatic rings. The van der Waals surface area contributed by atoms with Gasteiger partial charge in [-0.05, 0) is 18.2 Å². The molecule has 2 aromatic heterocycles. The number of rotatable bonds is 6. The molecule has 3 rings (SSSR count). The molecule has 0 bridgehead atoms. The SMILES string of the molecule is CC(Cn1cncn1)C(=O)N(C)CCc1nc2ccc(F)cc2[nH]1. The van der Waals surface area contributed by atoms with Crippen molar-refractivity contribution in [2.24, 2.45) is 5.92 Å². The van der Waals surface area contributed by atoms with E-state index in [0.29, 0.717) is 25.0 Å². The van der Waals surface area contributed by atoms with Crippen LogP contribution in [0.4, 0.5) is 4.39 Å². The third-order valence-electron chi connectivity index (χ3n) is 3.90. The van der Waals surface area contributed by atoms with E-state index in [9.17, 15) is 9.18 Å². The second-order valence-electron chi connectivity index (χ2n) is 5.87. The quantitative estimate of drug-likeness (QED) is 0.745. The van der Waals surface area contributed by atoms with E-state index in [1.165, 1.54) is 18.5 Å². The Morgan fingerprint density at radius 2 is 2.29 bits per heavy atom. The molecule has 1 unspecified atom stereocenters. The van der Waals surface area contributed by atoms with E-state index >= 15 is 0 Å². The fourth-order valence-corrected chi connectivity index (χ4v) is 2.60. The van der Waals surface area contributed by atoms with Crippen LogP contribution in [0.1, 0.15) is 12.7 Å². The van der Waals surface area contributed by atoms with Crippen molar-refractivity contribution in [3.63, 3.8) is 0 Å². The van der Waals surface area contributed by atoms with Gasteiger partial charge in [-0.25, -0.2) is 14.4 Å². The van der Waals surface area contributed by atoms with E-state index in [1.54, 1.807) is 29.0 Å². The Morgan fingerprint density at radius 1 is 1.46 bits per heavy atom. The standard InChI is InChI=1S/C16H19FN6O/c1-11(8-23-10-18-9-19-23)16(24)22(2)6-5-15-20-13-4-3-12(17)7-14(13)21-15/h3-4,7,9-11H,5-6,8H2,1-2H3,(H,20,21). The normalized spacial score (nSPS) is 12.5. The van der Waals surface area contributed by atoms with Gasteiger partial charge in [-0.1, -0.05) is 6.92 Å². The monoisotopic (exact) mass is 330 g/mol. The topological polar surface area (TPSA) is 79.7 Å². The maximum atomic E-state index is 13.2. The lowest BCUT2D eigenvalue weighted by molar-refractivity contribution is -0.134. The number of benzene rings is 1. The fraction of sp³-hybridized carbons (Fsp3) is 0.375. The van der Waals surface area contributed by atoms with Crippen molar-refractivity contribution in [3.8, 4) is 0 Å². The Kier molecular flexibility index (Phi) is 4.54. The van der Waals surface area contributed by atoms with Crippen LogP contribution in [0.25, 0.3) is 11.0 Å². The largest absolute Gasteiger partial charge is 0.345 e. The molecule has 0 spiro atoms. The van der Waals surface area contributed by atoms with Gasteiger partial charge < -0.3 is 9.88 Å². The predicted octanol–water partition coefficient (Wildman–Crippen LogP) is 1.63. The number of halogens is 1. The third-order valence-corrected chi connectivity index (χ3v) is 3.90. The van der Waals surface area contributed by atoms with Crippen molar-refractivity contribution in [1.82, 2.24) is 29.6 Å². The zero-order valence-electron chi connectivity index (χ0n) is 13.6. The van der Waals surface area contributed by atoms with Crippen molar-refractivity contribution in [2.75, 3.05) is 13.6 Å². The summed E-state index contributed by atoms with van der Waals surface area (Å²) in [4.78, 5) is 25.4. The van der Waals surface area contributed by atoms with E-state index in [-0.39, 0.29) is 17.6 Å². The number of fused-ring (bicyclic) bond motifs is 1. The lowest BCUT2D eigenvalue weighted by Gasteiger charge is -2.20. The number of hydrogen-bond donors (Lipinski definition) is 1. The van der Waals surface area contributed by atoms with Gasteiger partial charge in [0.25, 0.3) is 0 Å². The number of carbonyl (C=O) groups is 1. The average Bonchev–Trinajstić information content (AvgIpc) is 3.20. The molecular formula is C16H19FN6O. The summed E-state index contributed by atoms with van der Waals surface area (Å²) < 4.78 is 14.8. The fourth-order valence-electron chi connectivity index (χ4n) is 2.60. The number of likely N-dealkylation sites (N-methyl/N-ethyl adjacent to an activating group) is 1. The zero-order chi connectivity index (χ0) is 17.1. The van der Waals surface area contributed by atoms with Crippen LogP contribution in [-0.4, -0.2) is 49.1 Å². The zero-order valence-corrected chi connectivity index (χ0v) is 13.6. The average molecular weight is 330 g/mol. The molecule has 0 saturated carbocycles. The van der Waals surface area contributed by atoms with Gasteiger partial charge in [0, 0.05) is 20.0 Å². The van der Waals surface area contributed by atoms with Crippen molar-refractivity contribution >= 4 is 16.9 Å². The number of carbonyl (C=O) groups excluding carboxylic acids is 1. The Bertz CT molecular complexity index is 828. The molecule has 0 aliphatic carbocycles. The summed E-state index contributed by atoms with van der Waals surface area (Å²) in [5.74, 6) is 0.278. The molecule has 1 amide bonds. The van der Waals surface area contributed by atoms with Crippen LogP contribution in [-0.2, 0) is 17.8 Å². The van der Waals surface area contributed by atoms with Crippen molar-refractivity contribution in [3.05, 3.63) is 42.5 Å². The minimum atomic E-state index is -0.299. The maximum Gasteiger partial charge on any atom is 0.227 e. The van der Waals surface area contributed by atoms with E-state index in [1.807, 2.05) is 6.92 Å². The Hall–Kier alpha value is -2.77. The summed E-state index contributed by atoms with van der Waals surface area (Å²) in [6.45, 7) is 2.89. The number of nitrogens with one attached hydrogen (secondary N) is 1. The van der Waals surface area contributed by atoms with Gasteiger partial charge in [-0.3, -0.25) is 9.48 Å². The van der Waals surface area contributed by atoms with Gasteiger partial charge in [0.2, 0.25) is 5.91 Å². The third kappa shape index (κ3) is 3.58. The summed E-state index contributed by atoms with van der Waals surface area (Å²) >= 11 is 0. The number of hydrogen-bond acceptors (Lipinski definition) is 4.